The third-order valence-corrected chi connectivity index (χ3v) is 8.38. The number of ether oxygens (including phenoxy) is 1. The van der Waals surface area contributed by atoms with Gasteiger partial charge >= 0.3 is 12.2 Å². The van der Waals surface area contributed by atoms with E-state index >= 15 is 0 Å². The van der Waals surface area contributed by atoms with Gasteiger partial charge in [-0.1, -0.05) is 24.3 Å². The fourth-order valence-corrected chi connectivity index (χ4v) is 6.29. The van der Waals surface area contributed by atoms with Crippen molar-refractivity contribution < 1.29 is 22.7 Å². The number of aryl methyl sites for hydroxylation is 1. The minimum atomic E-state index is -4.53. The third kappa shape index (κ3) is 4.65. The summed E-state index contributed by atoms with van der Waals surface area (Å²) in [5.41, 5.74) is 2.59. The number of amides is 2. The molecule has 212 valence electrons. The summed E-state index contributed by atoms with van der Waals surface area (Å²) < 4.78 is 48.5. The van der Waals surface area contributed by atoms with Gasteiger partial charge in [0.1, 0.15) is 5.69 Å². The lowest BCUT2D eigenvalue weighted by atomic mass is 9.96. The van der Waals surface area contributed by atoms with Gasteiger partial charge in [-0.2, -0.15) is 18.3 Å². The molecule has 11 heteroatoms. The van der Waals surface area contributed by atoms with Crippen LogP contribution in [0.2, 0.25) is 0 Å². The molecule has 6 rings (SSSR count). The first kappa shape index (κ1) is 26.5. The highest BCUT2D eigenvalue weighted by Gasteiger charge is 2.44. The van der Waals surface area contributed by atoms with Crippen LogP contribution in [0.25, 0.3) is 0 Å². The molecule has 2 aromatic heterocycles. The fourth-order valence-electron chi connectivity index (χ4n) is 6.29. The molecule has 2 fully saturated rings. The van der Waals surface area contributed by atoms with Gasteiger partial charge in [-0.25, -0.2) is 9.78 Å². The summed E-state index contributed by atoms with van der Waals surface area (Å²) in [6, 6.07) is 8.83. The van der Waals surface area contributed by atoms with Gasteiger partial charge in [-0.3, -0.25) is 9.58 Å². The fraction of sp³-hybridized carbons (Fsp3) is 0.483. The quantitative estimate of drug-likeness (QED) is 0.380. The van der Waals surface area contributed by atoms with Crippen LogP contribution in [0.4, 0.5) is 29.5 Å². The Kier molecular flexibility index (Phi) is 6.62. The van der Waals surface area contributed by atoms with Crippen LogP contribution in [0, 0.1) is 0 Å². The Morgan fingerprint density at radius 3 is 2.45 bits per heavy atom. The summed E-state index contributed by atoms with van der Waals surface area (Å²) in [6.45, 7) is 3.12. The molecule has 1 saturated carbocycles. The summed E-state index contributed by atoms with van der Waals surface area (Å²) in [5, 5.41) is 4.66. The van der Waals surface area contributed by atoms with Crippen LogP contribution >= 0.6 is 0 Å². The Balaban J connectivity index is 1.27. The molecule has 0 N–H and O–H groups in total. The lowest BCUT2D eigenvalue weighted by Crippen LogP contribution is -2.55. The van der Waals surface area contributed by atoms with Gasteiger partial charge in [0.05, 0.1) is 25.3 Å². The van der Waals surface area contributed by atoms with Crippen molar-refractivity contribution in [2.45, 2.75) is 63.3 Å². The number of carbonyl (C=O) groups is 1. The van der Waals surface area contributed by atoms with E-state index in [9.17, 15) is 18.0 Å². The second-order valence-corrected chi connectivity index (χ2v) is 10.9. The number of carbonyl (C=O) groups excluding carboxylic acids is 1. The lowest BCUT2D eigenvalue weighted by Gasteiger charge is -2.46. The van der Waals surface area contributed by atoms with E-state index in [0.29, 0.717) is 44.2 Å². The number of hydrogen-bond donors (Lipinski definition) is 0. The molecule has 4 heterocycles. The number of fused-ring (bicyclic) bond motifs is 1. The van der Waals surface area contributed by atoms with Crippen LogP contribution in [-0.2, 0) is 19.8 Å². The molecule has 1 atom stereocenters. The van der Waals surface area contributed by atoms with Crippen molar-refractivity contribution in [3.63, 3.8) is 0 Å². The van der Waals surface area contributed by atoms with E-state index in [-0.39, 0.29) is 29.7 Å². The number of alkyl halides is 3. The van der Waals surface area contributed by atoms with E-state index in [1.807, 2.05) is 37.2 Å². The Morgan fingerprint density at radius 1 is 1.05 bits per heavy atom. The van der Waals surface area contributed by atoms with Gasteiger partial charge in [-0.05, 0) is 55.7 Å². The smallest absolute Gasteiger partial charge is 0.418 e. The molecular formula is C29H33F3N6O2. The highest BCUT2D eigenvalue weighted by atomic mass is 19.4. The van der Waals surface area contributed by atoms with Crippen LogP contribution in [-0.4, -0.2) is 51.9 Å². The first-order valence-corrected chi connectivity index (χ1v) is 13.7. The van der Waals surface area contributed by atoms with Crippen molar-refractivity contribution >= 4 is 17.5 Å². The number of hydrogen-bond acceptors (Lipinski definition) is 5. The van der Waals surface area contributed by atoms with Crippen molar-refractivity contribution in [2.75, 3.05) is 30.0 Å². The van der Waals surface area contributed by atoms with Gasteiger partial charge in [0.25, 0.3) is 0 Å². The largest absolute Gasteiger partial charge is 0.480 e. The molecule has 3 aromatic rings. The van der Waals surface area contributed by atoms with Crippen LogP contribution in [0.3, 0.4) is 0 Å². The molecule has 2 amide bonds. The first-order valence-electron chi connectivity index (χ1n) is 13.7. The number of nitrogens with zero attached hydrogens (tertiary/aromatic N) is 6. The molecule has 1 saturated heterocycles. The Morgan fingerprint density at radius 2 is 1.77 bits per heavy atom. The van der Waals surface area contributed by atoms with Crippen molar-refractivity contribution in [3.8, 4) is 5.88 Å². The van der Waals surface area contributed by atoms with E-state index in [2.05, 4.69) is 22.2 Å². The summed E-state index contributed by atoms with van der Waals surface area (Å²) in [5.74, 6) is 1.18. The van der Waals surface area contributed by atoms with Crippen LogP contribution in [0.15, 0.2) is 42.7 Å². The molecule has 40 heavy (non-hydrogen) atoms. The minimum Gasteiger partial charge on any atom is -0.480 e. The van der Waals surface area contributed by atoms with Crippen molar-refractivity contribution in [2.24, 2.45) is 7.05 Å². The Bertz CT molecular complexity index is 1410. The molecule has 8 nitrogen and oxygen atoms in total. The summed E-state index contributed by atoms with van der Waals surface area (Å²) in [4.78, 5) is 23.6. The third-order valence-electron chi connectivity index (χ3n) is 8.38. The zero-order chi connectivity index (χ0) is 28.2. The van der Waals surface area contributed by atoms with Crippen LogP contribution < -0.4 is 14.5 Å². The number of urea groups is 1. The van der Waals surface area contributed by atoms with E-state index in [0.717, 1.165) is 23.4 Å². The average Bonchev–Trinajstić information content (AvgIpc) is 3.71. The van der Waals surface area contributed by atoms with Crippen molar-refractivity contribution in [1.29, 1.82) is 0 Å². The minimum absolute atomic E-state index is 0.0400. The SMILES string of the molecule is COc1nccc(C(F)(F)F)c1N1CCC(N2C(=O)N(Cc3ccccc3C3CC3)c3nn(C)cc3[C@H]2C)CC1. The number of anilines is 2. The molecule has 3 aliphatic rings. The van der Waals surface area contributed by atoms with E-state index < -0.39 is 11.7 Å². The van der Waals surface area contributed by atoms with E-state index in [1.54, 1.807) is 14.5 Å². The predicted molar refractivity (Wildman–Crippen MR) is 144 cm³/mol. The number of halogens is 3. The number of piperidine rings is 1. The van der Waals surface area contributed by atoms with Crippen LogP contribution in [0.1, 0.15) is 66.8 Å². The zero-order valence-electron chi connectivity index (χ0n) is 22.9. The predicted octanol–water partition coefficient (Wildman–Crippen LogP) is 5.89. The summed E-state index contributed by atoms with van der Waals surface area (Å²) >= 11 is 0. The van der Waals surface area contributed by atoms with E-state index in [4.69, 9.17) is 4.74 Å². The number of benzene rings is 1. The summed E-state index contributed by atoms with van der Waals surface area (Å²) in [7, 11) is 3.18. The Hall–Kier alpha value is -3.76. The molecule has 0 radical (unpaired) electrons. The maximum atomic E-state index is 14.2. The highest BCUT2D eigenvalue weighted by molar-refractivity contribution is 5.94. The second-order valence-electron chi connectivity index (χ2n) is 10.9. The van der Waals surface area contributed by atoms with Gasteiger partial charge in [0, 0.05) is 44.1 Å². The maximum absolute atomic E-state index is 14.2. The average molecular weight is 555 g/mol. The number of pyridine rings is 1. The maximum Gasteiger partial charge on any atom is 0.418 e. The molecule has 2 aliphatic heterocycles. The molecule has 0 spiro atoms. The second kappa shape index (κ2) is 10.0. The summed E-state index contributed by atoms with van der Waals surface area (Å²) in [6.07, 6.45) is 1.92. The first-order chi connectivity index (χ1) is 19.2. The van der Waals surface area contributed by atoms with Gasteiger partial charge in [0.2, 0.25) is 5.88 Å². The molecule has 1 aliphatic carbocycles. The molecule has 0 bridgehead atoms. The standard InChI is InChI=1S/C29H33F3N6O2/c1-18-23-17-35(2)34-26(23)37(16-20-6-4-5-7-22(20)19-8-9-19)28(39)38(18)21-11-14-36(15-12-21)25-24(29(30,31)32)10-13-33-27(25)40-3/h4-7,10,13,17-19,21H,8-9,11-12,14-16H2,1-3H3/t18-/m1/s1. The normalized spacial score (nSPS) is 20.2. The zero-order valence-corrected chi connectivity index (χ0v) is 22.9. The van der Waals surface area contributed by atoms with Crippen molar-refractivity contribution in [3.05, 3.63) is 65.0 Å². The molecular weight excluding hydrogens is 521 g/mol. The van der Waals surface area contributed by atoms with Crippen LogP contribution in [0.5, 0.6) is 5.88 Å². The Labute approximate surface area is 231 Å². The lowest BCUT2D eigenvalue weighted by molar-refractivity contribution is -0.137. The highest BCUT2D eigenvalue weighted by Crippen LogP contribution is 2.45. The molecule has 1 aromatic carbocycles. The topological polar surface area (TPSA) is 66.7 Å². The van der Waals surface area contributed by atoms with E-state index in [1.165, 1.54) is 25.5 Å². The number of aromatic nitrogens is 3. The number of rotatable bonds is 6. The van der Waals surface area contributed by atoms with Gasteiger partial charge in [-0.15, -0.1) is 0 Å². The monoisotopic (exact) mass is 554 g/mol. The number of methoxy groups -OCH3 is 1. The molecule has 0 unspecified atom stereocenters. The van der Waals surface area contributed by atoms with Gasteiger partial charge in [0.15, 0.2) is 5.82 Å². The van der Waals surface area contributed by atoms with Gasteiger partial charge < -0.3 is 14.5 Å². The van der Waals surface area contributed by atoms with Crippen molar-refractivity contribution in [1.82, 2.24) is 19.7 Å².